The molecule has 6 heteroatoms. The van der Waals surface area contributed by atoms with Crippen LogP contribution in [0.1, 0.15) is 239 Å². The van der Waals surface area contributed by atoms with Crippen molar-refractivity contribution in [3.8, 4) is 0 Å². The molecule has 0 N–H and O–H groups in total. The number of unbranched alkanes of at least 4 members (excludes halogenated alkanes) is 24. The van der Waals surface area contributed by atoms with Crippen LogP contribution >= 0.6 is 0 Å². The molecule has 0 aromatic rings. The van der Waals surface area contributed by atoms with Crippen molar-refractivity contribution < 1.29 is 28.6 Å². The van der Waals surface area contributed by atoms with E-state index in [9.17, 15) is 14.4 Å². The van der Waals surface area contributed by atoms with Crippen molar-refractivity contribution in [1.82, 2.24) is 0 Å². The normalized spacial score (nSPS) is 12.8. The van der Waals surface area contributed by atoms with Gasteiger partial charge in [0.15, 0.2) is 6.10 Å². The van der Waals surface area contributed by atoms with Gasteiger partial charge in [0.2, 0.25) is 0 Å². The molecule has 6 nitrogen and oxygen atoms in total. The van der Waals surface area contributed by atoms with Gasteiger partial charge in [-0.25, -0.2) is 0 Å². The maximum Gasteiger partial charge on any atom is 0.306 e. The molecule has 370 valence electrons. The Morgan fingerprint density at radius 2 is 0.692 bits per heavy atom. The molecule has 65 heavy (non-hydrogen) atoms. The first-order valence-corrected chi connectivity index (χ1v) is 26.8. The molecule has 0 spiro atoms. The summed E-state index contributed by atoms with van der Waals surface area (Å²) < 4.78 is 16.8. The van der Waals surface area contributed by atoms with Crippen molar-refractivity contribution >= 4 is 17.9 Å². The Kier molecular flexibility index (Phi) is 50.0. The smallest absolute Gasteiger partial charge is 0.306 e. The van der Waals surface area contributed by atoms with Crippen LogP contribution in [0.4, 0.5) is 0 Å². The summed E-state index contributed by atoms with van der Waals surface area (Å²) in [6.07, 6.45) is 69.6. The van der Waals surface area contributed by atoms with Crippen LogP contribution in [0.25, 0.3) is 0 Å². The van der Waals surface area contributed by atoms with Crippen LogP contribution in [-0.2, 0) is 28.6 Å². The van der Waals surface area contributed by atoms with Crippen molar-refractivity contribution in [3.05, 3.63) is 97.2 Å². The summed E-state index contributed by atoms with van der Waals surface area (Å²) in [7, 11) is 0. The lowest BCUT2D eigenvalue weighted by molar-refractivity contribution is -0.167. The molecule has 1 atom stereocenters. The molecule has 1 unspecified atom stereocenters. The number of rotatable bonds is 47. The minimum Gasteiger partial charge on any atom is -0.462 e. The van der Waals surface area contributed by atoms with Crippen LogP contribution in [0.5, 0.6) is 0 Å². The van der Waals surface area contributed by atoms with E-state index in [-0.39, 0.29) is 31.1 Å². The Hall–Kier alpha value is -3.67. The number of carbonyl (C=O) groups is 3. The molecule has 0 aliphatic heterocycles. The van der Waals surface area contributed by atoms with E-state index in [4.69, 9.17) is 14.2 Å². The summed E-state index contributed by atoms with van der Waals surface area (Å²) in [5.74, 6) is -0.921. The molecular formula is C59H98O6. The number of allylic oxidation sites excluding steroid dienone is 16. The molecule has 0 fully saturated rings. The van der Waals surface area contributed by atoms with E-state index in [1.54, 1.807) is 0 Å². The average molecular weight is 903 g/mol. The highest BCUT2D eigenvalue weighted by molar-refractivity contribution is 5.71. The lowest BCUT2D eigenvalue weighted by Gasteiger charge is -2.18. The van der Waals surface area contributed by atoms with Crippen LogP contribution < -0.4 is 0 Å². The van der Waals surface area contributed by atoms with Crippen molar-refractivity contribution in [3.63, 3.8) is 0 Å². The molecule has 0 heterocycles. The van der Waals surface area contributed by atoms with Gasteiger partial charge in [0.1, 0.15) is 13.2 Å². The largest absolute Gasteiger partial charge is 0.462 e. The zero-order valence-electron chi connectivity index (χ0n) is 42.2. The molecule has 0 amide bonds. The van der Waals surface area contributed by atoms with Crippen LogP contribution in [0.2, 0.25) is 0 Å². The highest BCUT2D eigenvalue weighted by Crippen LogP contribution is 2.15. The first kappa shape index (κ1) is 61.3. The number of hydrogen-bond acceptors (Lipinski definition) is 6. The first-order valence-electron chi connectivity index (χ1n) is 26.8. The van der Waals surface area contributed by atoms with Gasteiger partial charge in [0.05, 0.1) is 0 Å². The zero-order valence-corrected chi connectivity index (χ0v) is 42.2. The van der Waals surface area contributed by atoms with E-state index in [0.717, 1.165) is 103 Å². The monoisotopic (exact) mass is 903 g/mol. The maximum absolute atomic E-state index is 12.8. The van der Waals surface area contributed by atoms with E-state index in [2.05, 4.69) is 93.7 Å². The molecule has 0 rings (SSSR count). The van der Waals surface area contributed by atoms with Gasteiger partial charge in [-0.05, 0) is 70.6 Å². The predicted molar refractivity (Wildman–Crippen MR) is 279 cm³/mol. The summed E-state index contributed by atoms with van der Waals surface area (Å²) in [5, 5.41) is 0. The molecule has 0 saturated heterocycles. The van der Waals surface area contributed by atoms with Gasteiger partial charge in [-0.15, -0.1) is 0 Å². The second-order valence-electron chi connectivity index (χ2n) is 17.5. The minimum absolute atomic E-state index is 0.0892. The molecule has 0 aromatic heterocycles. The highest BCUT2D eigenvalue weighted by Gasteiger charge is 2.19. The third-order valence-electron chi connectivity index (χ3n) is 11.2. The Labute approximate surface area is 400 Å². The summed E-state index contributed by atoms with van der Waals surface area (Å²) in [5.41, 5.74) is 0. The molecule has 0 saturated carbocycles. The fraction of sp³-hybridized carbons (Fsp3) is 0.678. The fourth-order valence-corrected chi connectivity index (χ4v) is 7.19. The lowest BCUT2D eigenvalue weighted by atomic mass is 10.1. The highest BCUT2D eigenvalue weighted by atomic mass is 16.6. The van der Waals surface area contributed by atoms with Gasteiger partial charge >= 0.3 is 17.9 Å². The van der Waals surface area contributed by atoms with Crippen molar-refractivity contribution in [2.75, 3.05) is 13.2 Å². The predicted octanol–water partition coefficient (Wildman–Crippen LogP) is 17.8. The summed E-state index contributed by atoms with van der Waals surface area (Å²) in [6, 6.07) is 0. The SMILES string of the molecule is CC/C=C\C/C=C\C/C=C\CCCCCCCCCCCC(=O)OCC(COC(=O)CCCCCCCCCCCC)OC(=O)CCCCCCC\C=C/C=C\C=C/C=C\C=C/CCC. The molecule has 0 aliphatic rings. The number of esters is 3. The van der Waals surface area contributed by atoms with Crippen molar-refractivity contribution in [1.29, 1.82) is 0 Å². The van der Waals surface area contributed by atoms with Crippen molar-refractivity contribution in [2.24, 2.45) is 0 Å². The third-order valence-corrected chi connectivity index (χ3v) is 11.2. The van der Waals surface area contributed by atoms with Crippen molar-refractivity contribution in [2.45, 2.75) is 245 Å². The lowest BCUT2D eigenvalue weighted by Crippen LogP contribution is -2.30. The molecular weight excluding hydrogens is 805 g/mol. The van der Waals surface area contributed by atoms with E-state index < -0.39 is 6.10 Å². The second kappa shape index (κ2) is 52.9. The molecule has 0 bridgehead atoms. The van der Waals surface area contributed by atoms with Gasteiger partial charge in [-0.2, -0.15) is 0 Å². The maximum atomic E-state index is 12.8. The fourth-order valence-electron chi connectivity index (χ4n) is 7.19. The van der Waals surface area contributed by atoms with Gasteiger partial charge in [-0.1, -0.05) is 246 Å². The molecule has 0 aliphatic carbocycles. The number of hydrogen-bond donors (Lipinski definition) is 0. The van der Waals surface area contributed by atoms with Crippen LogP contribution in [-0.4, -0.2) is 37.2 Å². The summed E-state index contributed by atoms with van der Waals surface area (Å²) >= 11 is 0. The second-order valence-corrected chi connectivity index (χ2v) is 17.5. The summed E-state index contributed by atoms with van der Waals surface area (Å²) in [6.45, 7) is 6.40. The molecule has 0 radical (unpaired) electrons. The topological polar surface area (TPSA) is 78.9 Å². The quantitative estimate of drug-likeness (QED) is 0.0199. The minimum atomic E-state index is -0.792. The zero-order chi connectivity index (χ0) is 47.2. The Morgan fingerprint density at radius 3 is 1.14 bits per heavy atom. The average Bonchev–Trinajstić information content (AvgIpc) is 3.30. The summed E-state index contributed by atoms with van der Waals surface area (Å²) in [4.78, 5) is 38.0. The van der Waals surface area contributed by atoms with Crippen LogP contribution in [0.3, 0.4) is 0 Å². The number of carbonyl (C=O) groups excluding carboxylic acids is 3. The number of ether oxygens (including phenoxy) is 3. The third kappa shape index (κ3) is 51.2. The van der Waals surface area contributed by atoms with E-state index in [0.29, 0.717) is 19.3 Å². The standard InChI is InChI=1S/C59H98O6/c1-4-7-10-13-16-19-22-24-26-28-30-32-33-35-37-40-43-46-49-52-58(61)64-55-56(54-63-57(60)51-48-45-42-39-21-18-15-12-9-6-3)65-59(62)53-50-47-44-41-38-36-34-31-29-27-25-23-20-17-14-11-8-5-2/h7,10-11,14,16-17,19-20,23-27,29,31,34,56H,4-6,8-9,12-13,15,18,21-22,28,30,32-33,35-55H2,1-3H3/b10-7-,14-11-,19-16-,20-17-,25-23-,26-24-,29-27-,34-31-. The van der Waals surface area contributed by atoms with E-state index >= 15 is 0 Å². The Balaban J connectivity index is 4.40. The van der Waals surface area contributed by atoms with Crippen LogP contribution in [0, 0.1) is 0 Å². The Morgan fingerprint density at radius 1 is 0.338 bits per heavy atom. The van der Waals surface area contributed by atoms with Gasteiger partial charge in [-0.3, -0.25) is 14.4 Å². The van der Waals surface area contributed by atoms with Crippen LogP contribution in [0.15, 0.2) is 97.2 Å². The van der Waals surface area contributed by atoms with Gasteiger partial charge in [0, 0.05) is 19.3 Å². The van der Waals surface area contributed by atoms with E-state index in [1.165, 1.54) is 96.3 Å². The molecule has 0 aromatic carbocycles. The van der Waals surface area contributed by atoms with E-state index in [1.807, 2.05) is 24.3 Å². The Bertz CT molecular complexity index is 1310. The van der Waals surface area contributed by atoms with Gasteiger partial charge < -0.3 is 14.2 Å². The first-order chi connectivity index (χ1) is 32.0. The van der Waals surface area contributed by atoms with Gasteiger partial charge in [0.25, 0.3) is 0 Å².